The van der Waals surface area contributed by atoms with Gasteiger partial charge in [0.2, 0.25) is 5.91 Å². The van der Waals surface area contributed by atoms with Crippen LogP contribution in [0, 0.1) is 12.7 Å². The highest BCUT2D eigenvalue weighted by atomic mass is 32.2. The summed E-state index contributed by atoms with van der Waals surface area (Å²) in [5.41, 5.74) is 0.820. The van der Waals surface area contributed by atoms with Crippen LogP contribution in [0.3, 0.4) is 0 Å². The first kappa shape index (κ1) is 21.9. The minimum Gasteiger partial charge on any atom is -0.345 e. The molecule has 0 radical (unpaired) electrons. The molecule has 0 aliphatic rings. The molecule has 2 heterocycles. The molecule has 8 nitrogen and oxygen atoms in total. The predicted molar refractivity (Wildman–Crippen MR) is 114 cm³/mol. The van der Waals surface area contributed by atoms with Crippen LogP contribution in [-0.4, -0.2) is 36.8 Å². The van der Waals surface area contributed by atoms with Gasteiger partial charge in [-0.1, -0.05) is 23.9 Å². The SMILES string of the molecule is CCn1c(CNC(=O)c2ccccc2F)nnc1S[C@@H](C)C(=O)Nc1nc(C)cs1. The Morgan fingerprint density at radius 3 is 2.73 bits per heavy atom. The number of aryl methyl sites for hydroxylation is 1. The molecule has 0 fully saturated rings. The summed E-state index contributed by atoms with van der Waals surface area (Å²) in [6.45, 7) is 6.20. The zero-order valence-electron chi connectivity index (χ0n) is 16.7. The van der Waals surface area contributed by atoms with Crippen molar-refractivity contribution in [3.8, 4) is 0 Å². The number of hydrogen-bond donors (Lipinski definition) is 2. The number of benzene rings is 1. The van der Waals surface area contributed by atoms with Gasteiger partial charge in [0.1, 0.15) is 5.82 Å². The maximum absolute atomic E-state index is 13.8. The van der Waals surface area contributed by atoms with Crippen LogP contribution >= 0.6 is 23.1 Å². The van der Waals surface area contributed by atoms with Crippen molar-refractivity contribution in [1.82, 2.24) is 25.1 Å². The first-order valence-corrected chi connectivity index (χ1v) is 11.0. The Kier molecular flexibility index (Phi) is 7.16. The third-order valence-electron chi connectivity index (χ3n) is 4.14. The van der Waals surface area contributed by atoms with E-state index in [1.54, 1.807) is 13.0 Å². The Hall–Kier alpha value is -2.79. The van der Waals surface area contributed by atoms with Gasteiger partial charge in [0.25, 0.3) is 5.91 Å². The molecule has 0 bridgehead atoms. The number of nitrogens with one attached hydrogen (secondary N) is 2. The van der Waals surface area contributed by atoms with E-state index in [4.69, 9.17) is 0 Å². The zero-order chi connectivity index (χ0) is 21.7. The fourth-order valence-electron chi connectivity index (χ4n) is 2.58. The highest BCUT2D eigenvalue weighted by molar-refractivity contribution is 8.00. The van der Waals surface area contributed by atoms with Gasteiger partial charge in [-0.2, -0.15) is 0 Å². The molecule has 2 amide bonds. The highest BCUT2D eigenvalue weighted by Gasteiger charge is 2.21. The number of amides is 2. The van der Waals surface area contributed by atoms with Gasteiger partial charge in [0.05, 0.1) is 23.1 Å². The largest absolute Gasteiger partial charge is 0.345 e. The van der Waals surface area contributed by atoms with Gasteiger partial charge in [-0.3, -0.25) is 9.59 Å². The van der Waals surface area contributed by atoms with E-state index in [-0.39, 0.29) is 18.0 Å². The third kappa shape index (κ3) is 5.22. The van der Waals surface area contributed by atoms with Crippen molar-refractivity contribution in [2.45, 2.75) is 44.3 Å². The van der Waals surface area contributed by atoms with Crippen LogP contribution < -0.4 is 10.6 Å². The van der Waals surface area contributed by atoms with Crippen molar-refractivity contribution in [3.05, 3.63) is 52.5 Å². The molecule has 1 atom stereocenters. The number of carbonyl (C=O) groups is 2. The number of halogens is 1. The lowest BCUT2D eigenvalue weighted by Gasteiger charge is -2.12. The minimum atomic E-state index is -0.585. The number of anilines is 1. The van der Waals surface area contributed by atoms with E-state index < -0.39 is 17.0 Å². The normalized spacial score (nSPS) is 11.9. The Morgan fingerprint density at radius 2 is 2.07 bits per heavy atom. The Morgan fingerprint density at radius 1 is 1.30 bits per heavy atom. The van der Waals surface area contributed by atoms with E-state index in [1.807, 2.05) is 23.8 Å². The fraction of sp³-hybridized carbons (Fsp3) is 0.316. The quantitative estimate of drug-likeness (QED) is 0.513. The molecule has 0 aliphatic heterocycles. The first-order chi connectivity index (χ1) is 14.4. The minimum absolute atomic E-state index is 0.0302. The summed E-state index contributed by atoms with van der Waals surface area (Å²) in [5, 5.41) is 16.3. The number of thiazole rings is 1. The van der Waals surface area contributed by atoms with Crippen LogP contribution in [0.2, 0.25) is 0 Å². The topological polar surface area (TPSA) is 102 Å². The van der Waals surface area contributed by atoms with Crippen molar-refractivity contribution in [2.75, 3.05) is 5.32 Å². The van der Waals surface area contributed by atoms with Gasteiger partial charge < -0.3 is 15.2 Å². The molecule has 0 saturated heterocycles. The molecule has 30 heavy (non-hydrogen) atoms. The Labute approximate surface area is 181 Å². The van der Waals surface area contributed by atoms with Gasteiger partial charge in [-0.25, -0.2) is 9.37 Å². The molecule has 3 rings (SSSR count). The van der Waals surface area contributed by atoms with E-state index in [0.717, 1.165) is 5.69 Å². The second-order valence-electron chi connectivity index (χ2n) is 6.35. The van der Waals surface area contributed by atoms with Crippen molar-refractivity contribution < 1.29 is 14.0 Å². The van der Waals surface area contributed by atoms with E-state index in [1.165, 1.54) is 41.3 Å². The van der Waals surface area contributed by atoms with E-state index in [2.05, 4.69) is 25.8 Å². The lowest BCUT2D eigenvalue weighted by atomic mass is 10.2. The van der Waals surface area contributed by atoms with Crippen molar-refractivity contribution >= 4 is 40.0 Å². The van der Waals surface area contributed by atoms with Gasteiger partial charge >= 0.3 is 0 Å². The first-order valence-electron chi connectivity index (χ1n) is 9.23. The number of aromatic nitrogens is 4. The number of thioether (sulfide) groups is 1. The molecule has 0 spiro atoms. The van der Waals surface area contributed by atoms with Crippen LogP contribution in [0.15, 0.2) is 34.8 Å². The maximum Gasteiger partial charge on any atom is 0.254 e. The molecule has 2 aromatic heterocycles. The molecule has 0 aliphatic carbocycles. The highest BCUT2D eigenvalue weighted by Crippen LogP contribution is 2.24. The molecule has 2 N–H and O–H groups in total. The molecular formula is C19H21FN6O2S2. The van der Waals surface area contributed by atoms with E-state index >= 15 is 0 Å². The summed E-state index contributed by atoms with van der Waals surface area (Å²) in [5.74, 6) is -0.778. The van der Waals surface area contributed by atoms with E-state index in [9.17, 15) is 14.0 Å². The third-order valence-corrected chi connectivity index (χ3v) is 6.09. The predicted octanol–water partition coefficient (Wildman–Crippen LogP) is 3.25. The van der Waals surface area contributed by atoms with Crippen LogP contribution in [0.25, 0.3) is 0 Å². The average Bonchev–Trinajstić information content (AvgIpc) is 3.31. The van der Waals surface area contributed by atoms with Crippen LogP contribution in [0.1, 0.15) is 35.7 Å². The molecule has 0 saturated carbocycles. The average molecular weight is 449 g/mol. The van der Waals surface area contributed by atoms with Gasteiger partial charge in [-0.05, 0) is 32.9 Å². The Balaban J connectivity index is 1.62. The molecule has 158 valence electrons. The standard InChI is InChI=1S/C19H21FN6O2S2/c1-4-26-15(9-21-17(28)13-7-5-6-8-14(13)20)24-25-19(26)30-12(3)16(27)23-18-22-11(2)10-29-18/h5-8,10,12H,4,9H2,1-3H3,(H,21,28)(H,22,23,27)/t12-/m0/s1. The molecule has 1 aromatic carbocycles. The van der Waals surface area contributed by atoms with Gasteiger partial charge in [-0.15, -0.1) is 21.5 Å². The summed E-state index contributed by atoms with van der Waals surface area (Å²) in [7, 11) is 0. The zero-order valence-corrected chi connectivity index (χ0v) is 18.3. The van der Waals surface area contributed by atoms with Crippen molar-refractivity contribution in [2.24, 2.45) is 0 Å². The number of carbonyl (C=O) groups excluding carboxylic acids is 2. The fourth-order valence-corrected chi connectivity index (χ4v) is 4.21. The molecule has 3 aromatic rings. The number of hydrogen-bond acceptors (Lipinski definition) is 7. The van der Waals surface area contributed by atoms with Crippen LogP contribution in [0.4, 0.5) is 9.52 Å². The maximum atomic E-state index is 13.8. The van der Waals surface area contributed by atoms with E-state index in [0.29, 0.717) is 22.7 Å². The summed E-state index contributed by atoms with van der Waals surface area (Å²) in [6.07, 6.45) is 0. The Bertz CT molecular complexity index is 1050. The number of nitrogens with zero attached hydrogens (tertiary/aromatic N) is 4. The van der Waals surface area contributed by atoms with Crippen LogP contribution in [-0.2, 0) is 17.9 Å². The van der Waals surface area contributed by atoms with Gasteiger partial charge in [0, 0.05) is 11.9 Å². The second-order valence-corrected chi connectivity index (χ2v) is 8.52. The second kappa shape index (κ2) is 9.81. The molecule has 0 unspecified atom stereocenters. The molecular weight excluding hydrogens is 427 g/mol. The smallest absolute Gasteiger partial charge is 0.254 e. The summed E-state index contributed by atoms with van der Waals surface area (Å²) in [6, 6.07) is 5.77. The van der Waals surface area contributed by atoms with Gasteiger partial charge in [0.15, 0.2) is 16.1 Å². The monoisotopic (exact) mass is 448 g/mol. The summed E-state index contributed by atoms with van der Waals surface area (Å²) >= 11 is 2.63. The molecule has 11 heteroatoms. The number of rotatable bonds is 8. The van der Waals surface area contributed by atoms with Crippen molar-refractivity contribution in [3.63, 3.8) is 0 Å². The van der Waals surface area contributed by atoms with Crippen molar-refractivity contribution in [1.29, 1.82) is 0 Å². The van der Waals surface area contributed by atoms with Crippen LogP contribution in [0.5, 0.6) is 0 Å². The lowest BCUT2D eigenvalue weighted by Crippen LogP contribution is -2.26. The lowest BCUT2D eigenvalue weighted by molar-refractivity contribution is -0.115. The summed E-state index contributed by atoms with van der Waals surface area (Å²) < 4.78 is 15.6. The summed E-state index contributed by atoms with van der Waals surface area (Å²) in [4.78, 5) is 28.9.